The predicted molar refractivity (Wildman–Crippen MR) is 198 cm³/mol. The summed E-state index contributed by atoms with van der Waals surface area (Å²) in [7, 11) is -16.7. The number of alkyl halides is 9. The number of rotatable bonds is 16. The van der Waals surface area contributed by atoms with E-state index in [1.807, 2.05) is 45.8 Å². The Kier molecular flexibility index (Phi) is 21.4. The molecule has 0 radical (unpaired) electrons. The summed E-state index contributed by atoms with van der Waals surface area (Å²) in [5.41, 5.74) is -0.926. The molecule has 0 aromatic carbocycles. The molecule has 0 aromatic heterocycles. The maximum Gasteiger partial charge on any atom is 0.389 e. The van der Waals surface area contributed by atoms with Gasteiger partial charge in [-0.25, -0.2) is 0 Å². The van der Waals surface area contributed by atoms with Gasteiger partial charge in [-0.15, -0.1) is 0 Å². The molecule has 0 bridgehead atoms. The summed E-state index contributed by atoms with van der Waals surface area (Å²) in [5.74, 6) is 0. The Morgan fingerprint density at radius 3 is 0.920 bits per heavy atom. The van der Waals surface area contributed by atoms with Gasteiger partial charge in [0.15, 0.2) is 16.6 Å². The molecular weight excluding hydrogens is 804 g/mol. The molecule has 0 aliphatic carbocycles. The van der Waals surface area contributed by atoms with Crippen molar-refractivity contribution in [1.29, 1.82) is 0 Å². The van der Waals surface area contributed by atoms with Crippen molar-refractivity contribution in [2.75, 3.05) is 0 Å². The van der Waals surface area contributed by atoms with Crippen LogP contribution in [0.5, 0.6) is 0 Å². The second-order valence-corrected chi connectivity index (χ2v) is 43.8. The highest BCUT2D eigenvalue weighted by atomic mass is 28.5. The first-order valence-electron chi connectivity index (χ1n) is 16.3. The fourth-order valence-electron chi connectivity index (χ4n) is 4.73. The lowest BCUT2D eigenvalue weighted by Crippen LogP contribution is -2.57. The normalized spacial score (nSPS) is 15.8. The second-order valence-electron chi connectivity index (χ2n) is 17.1. The molecule has 0 spiro atoms. The highest BCUT2D eigenvalue weighted by Gasteiger charge is 2.46. The van der Waals surface area contributed by atoms with Crippen molar-refractivity contribution in [2.24, 2.45) is 5.41 Å². The zero-order valence-electron chi connectivity index (χ0n) is 33.1. The maximum atomic E-state index is 12.6. The number of halogens is 9. The SMILES string of the molecule is CC(C)(CCC(F)(F)F)CCC(F)(F)F.C[Si](C)(C)O[Si](C)(C)O[Si](C)(CCC(F)(F)F)O[Si](C)(C)C.C[Si](C)(O)O[Si](C)(C)O[Si](C)(C)O. The average molecular weight is 869 g/mol. The Labute approximate surface area is 302 Å². The van der Waals surface area contributed by atoms with Gasteiger partial charge in [-0.05, 0) is 123 Å². The summed E-state index contributed by atoms with van der Waals surface area (Å²) in [6.45, 7) is 30.9. The van der Waals surface area contributed by atoms with E-state index < -0.39 is 103 Å². The van der Waals surface area contributed by atoms with Crippen LogP contribution in [0.3, 0.4) is 0 Å². The lowest BCUT2D eigenvalue weighted by Gasteiger charge is -2.41. The van der Waals surface area contributed by atoms with Gasteiger partial charge in [0.1, 0.15) is 0 Å². The lowest BCUT2D eigenvalue weighted by atomic mass is 9.83. The Balaban J connectivity index is -0.000000693. The minimum absolute atomic E-state index is 0.0771. The van der Waals surface area contributed by atoms with Crippen molar-refractivity contribution < 1.29 is 69.7 Å². The van der Waals surface area contributed by atoms with Gasteiger partial charge in [-0.3, -0.25) is 0 Å². The van der Waals surface area contributed by atoms with Gasteiger partial charge >= 0.3 is 61.3 Å². The van der Waals surface area contributed by atoms with Crippen LogP contribution < -0.4 is 0 Å². The van der Waals surface area contributed by atoms with E-state index in [0.717, 1.165) is 0 Å². The first-order valence-corrected chi connectivity index (χ1v) is 37.0. The maximum absolute atomic E-state index is 12.6. The zero-order valence-corrected chi connectivity index (χ0v) is 40.1. The summed E-state index contributed by atoms with van der Waals surface area (Å²) in [6.07, 6.45) is -16.2. The summed E-state index contributed by atoms with van der Waals surface area (Å²) in [4.78, 5) is 19.1. The molecule has 23 heteroatoms. The van der Waals surface area contributed by atoms with Crippen LogP contribution in [0.15, 0.2) is 0 Å². The molecule has 0 amide bonds. The molecule has 0 rings (SSSR count). The van der Waals surface area contributed by atoms with Crippen LogP contribution >= 0.6 is 0 Å². The molecule has 50 heavy (non-hydrogen) atoms. The average Bonchev–Trinajstić information content (AvgIpc) is 2.67. The van der Waals surface area contributed by atoms with E-state index in [-0.39, 0.29) is 18.9 Å². The number of hydrogen-bond acceptors (Lipinski definition) is 7. The van der Waals surface area contributed by atoms with Gasteiger partial charge < -0.3 is 30.2 Å². The summed E-state index contributed by atoms with van der Waals surface area (Å²) in [6, 6.07) is -0.0771. The molecule has 0 saturated carbocycles. The second kappa shape index (κ2) is 19.5. The van der Waals surface area contributed by atoms with Gasteiger partial charge in [-0.1, -0.05) is 13.8 Å². The summed E-state index contributed by atoms with van der Waals surface area (Å²) >= 11 is 0. The van der Waals surface area contributed by atoms with Crippen molar-refractivity contribution >= 4 is 59.4 Å². The van der Waals surface area contributed by atoms with Crippen molar-refractivity contribution in [2.45, 2.75) is 169 Å². The van der Waals surface area contributed by atoms with E-state index in [9.17, 15) is 49.1 Å². The molecule has 1 atom stereocenters. The molecule has 0 fully saturated rings. The molecule has 306 valence electrons. The summed E-state index contributed by atoms with van der Waals surface area (Å²) < 4.78 is 138. The van der Waals surface area contributed by atoms with Gasteiger partial charge in [0.05, 0.1) is 0 Å². The molecule has 0 aliphatic heterocycles. The quantitative estimate of drug-likeness (QED) is 0.118. The molecule has 1 unspecified atom stereocenters. The van der Waals surface area contributed by atoms with Crippen LogP contribution in [0.25, 0.3) is 0 Å². The topological polar surface area (TPSA) is 86.6 Å². The van der Waals surface area contributed by atoms with E-state index in [2.05, 4.69) is 19.6 Å². The first-order chi connectivity index (χ1) is 21.2. The summed E-state index contributed by atoms with van der Waals surface area (Å²) in [5, 5.41) is 0. The zero-order chi connectivity index (χ0) is 41.3. The van der Waals surface area contributed by atoms with E-state index in [4.69, 9.17) is 20.6 Å². The van der Waals surface area contributed by atoms with Crippen molar-refractivity contribution in [1.82, 2.24) is 0 Å². The van der Waals surface area contributed by atoms with Crippen LogP contribution in [0.1, 0.15) is 46.0 Å². The third-order valence-electron chi connectivity index (χ3n) is 5.56. The molecule has 0 aromatic rings. The van der Waals surface area contributed by atoms with Gasteiger partial charge in [-0.2, -0.15) is 39.5 Å². The Morgan fingerprint density at radius 2 is 0.680 bits per heavy atom. The van der Waals surface area contributed by atoms with Crippen LogP contribution in [0, 0.1) is 5.41 Å². The van der Waals surface area contributed by atoms with Gasteiger partial charge in [0, 0.05) is 19.3 Å². The van der Waals surface area contributed by atoms with E-state index in [0.29, 0.717) is 0 Å². The van der Waals surface area contributed by atoms with Crippen LogP contribution in [-0.2, 0) is 20.6 Å². The molecule has 0 heterocycles. The molecule has 2 N–H and O–H groups in total. The van der Waals surface area contributed by atoms with Gasteiger partial charge in [0.25, 0.3) is 0 Å². The molecule has 0 saturated heterocycles. The van der Waals surface area contributed by atoms with Crippen LogP contribution in [0.4, 0.5) is 39.5 Å². The standard InChI is InChI=1S/C12H31F3O3Si4.C9H14F6.C6H20O4Si3/c1-19(2,3)16-21(7,8)18-22(9,17-20(4,5)6)11-10-12(13,14)15;1-7(2,3-5-8(10,11)12)4-6-9(13,14)15;1-11(2,7)9-13(5,6)10-12(3,4)8/h10-11H2,1-9H3;3-6H2,1-2H3;7-8H,1-6H3. The monoisotopic (exact) mass is 868 g/mol. The minimum Gasteiger partial charge on any atom is -0.437 e. The third-order valence-corrected chi connectivity index (χ3v) is 26.9. The Morgan fingerprint density at radius 1 is 0.400 bits per heavy atom. The van der Waals surface area contributed by atoms with Crippen molar-refractivity contribution in [3.63, 3.8) is 0 Å². The number of hydrogen-bond donors (Lipinski definition) is 2. The molecule has 7 nitrogen and oxygen atoms in total. The van der Waals surface area contributed by atoms with Crippen molar-refractivity contribution in [3.8, 4) is 0 Å². The first kappa shape index (κ1) is 54.9. The van der Waals surface area contributed by atoms with Gasteiger partial charge in [0.2, 0.25) is 0 Å². The van der Waals surface area contributed by atoms with E-state index in [1.54, 1.807) is 32.7 Å². The Bertz CT molecular complexity index is 934. The fourth-order valence-corrected chi connectivity index (χ4v) is 32.8. The third kappa shape index (κ3) is 41.4. The molecular formula is C27H65F9O7Si7. The highest BCUT2D eigenvalue weighted by molar-refractivity contribution is 6.89. The van der Waals surface area contributed by atoms with Crippen LogP contribution in [0.2, 0.25) is 104 Å². The fraction of sp³-hybridized carbons (Fsp3) is 1.00. The largest absolute Gasteiger partial charge is 0.437 e. The van der Waals surface area contributed by atoms with Crippen molar-refractivity contribution in [3.05, 3.63) is 0 Å². The molecule has 0 aliphatic rings. The predicted octanol–water partition coefficient (Wildman–Crippen LogP) is 11.2. The minimum atomic E-state index is -4.30. The highest BCUT2D eigenvalue weighted by Crippen LogP contribution is 2.37. The smallest absolute Gasteiger partial charge is 0.389 e. The Hall–Kier alpha value is 0.608. The lowest BCUT2D eigenvalue weighted by molar-refractivity contribution is -0.148. The van der Waals surface area contributed by atoms with E-state index in [1.165, 1.54) is 13.8 Å². The van der Waals surface area contributed by atoms with Crippen LogP contribution in [-0.4, -0.2) is 87.6 Å². The van der Waals surface area contributed by atoms with E-state index >= 15 is 0 Å².